The van der Waals surface area contributed by atoms with Gasteiger partial charge < -0.3 is 14.6 Å². The topological polar surface area (TPSA) is 88.9 Å². The minimum absolute atomic E-state index is 0.123. The van der Waals surface area contributed by atoms with Crippen LogP contribution in [-0.2, 0) is 17.7 Å². The quantitative estimate of drug-likeness (QED) is 0.491. The standard InChI is InChI=1S/C25H28N6O2/c1-16-13-17(2)19-15-20(25(32)26-21(19)14-16)23(24-27-28-29-31(24)11-12-33-3)30-10-6-8-18-7-4-5-9-22(18)30/h4-5,7,9,13-15,23H,6,8,10-12H2,1-3H3,(H,26,32). The van der Waals surface area contributed by atoms with Crippen LogP contribution in [0.5, 0.6) is 0 Å². The first kappa shape index (κ1) is 21.3. The lowest BCUT2D eigenvalue weighted by Crippen LogP contribution is -2.38. The zero-order valence-corrected chi connectivity index (χ0v) is 19.2. The molecule has 0 amide bonds. The second kappa shape index (κ2) is 8.78. The van der Waals surface area contributed by atoms with Gasteiger partial charge in [0.2, 0.25) is 0 Å². The Balaban J connectivity index is 1.73. The highest BCUT2D eigenvalue weighted by Gasteiger charge is 2.33. The number of H-pyrrole nitrogens is 1. The summed E-state index contributed by atoms with van der Waals surface area (Å²) in [5.74, 6) is 0.637. The molecule has 2 aromatic heterocycles. The van der Waals surface area contributed by atoms with E-state index in [-0.39, 0.29) is 5.56 Å². The maximum atomic E-state index is 13.5. The number of aryl methyl sites for hydroxylation is 3. The molecular formula is C25H28N6O2. The van der Waals surface area contributed by atoms with Crippen molar-refractivity contribution in [2.45, 2.75) is 39.3 Å². The Morgan fingerprint density at radius 2 is 2.03 bits per heavy atom. The maximum Gasteiger partial charge on any atom is 0.254 e. The molecule has 0 spiro atoms. The van der Waals surface area contributed by atoms with Crippen molar-refractivity contribution >= 4 is 16.6 Å². The molecule has 0 bridgehead atoms. The summed E-state index contributed by atoms with van der Waals surface area (Å²) in [6, 6.07) is 14.1. The molecule has 8 heteroatoms. The van der Waals surface area contributed by atoms with Crippen LogP contribution in [-0.4, -0.2) is 45.5 Å². The van der Waals surface area contributed by atoms with Crippen molar-refractivity contribution in [1.82, 2.24) is 25.2 Å². The summed E-state index contributed by atoms with van der Waals surface area (Å²) in [4.78, 5) is 18.9. The van der Waals surface area contributed by atoms with E-state index in [0.29, 0.717) is 24.5 Å². The molecule has 0 saturated carbocycles. The fraction of sp³-hybridized carbons (Fsp3) is 0.360. The number of aromatic amines is 1. The molecule has 0 aliphatic carbocycles. The van der Waals surface area contributed by atoms with Crippen LogP contribution in [0, 0.1) is 13.8 Å². The largest absolute Gasteiger partial charge is 0.383 e. The molecule has 0 saturated heterocycles. The Kier molecular flexibility index (Phi) is 5.68. The van der Waals surface area contributed by atoms with E-state index in [9.17, 15) is 4.79 Å². The summed E-state index contributed by atoms with van der Waals surface area (Å²) in [5.41, 5.74) is 6.00. The average Bonchev–Trinajstić information content (AvgIpc) is 3.26. The van der Waals surface area contributed by atoms with Crippen LogP contribution in [0.15, 0.2) is 47.3 Å². The van der Waals surface area contributed by atoms with Gasteiger partial charge in [-0.2, -0.15) is 0 Å². The van der Waals surface area contributed by atoms with Gasteiger partial charge in [0.05, 0.1) is 13.2 Å². The molecule has 3 heterocycles. The predicted molar refractivity (Wildman–Crippen MR) is 128 cm³/mol. The number of aromatic nitrogens is 5. The van der Waals surface area contributed by atoms with E-state index in [4.69, 9.17) is 4.74 Å². The van der Waals surface area contributed by atoms with E-state index in [1.807, 2.05) is 25.1 Å². The predicted octanol–water partition coefficient (Wildman–Crippen LogP) is 3.32. The summed E-state index contributed by atoms with van der Waals surface area (Å²) in [6.45, 7) is 5.91. The highest BCUT2D eigenvalue weighted by Crippen LogP contribution is 2.36. The molecule has 0 fully saturated rings. The Morgan fingerprint density at radius 1 is 1.18 bits per heavy atom. The van der Waals surface area contributed by atoms with Crippen LogP contribution < -0.4 is 10.5 Å². The van der Waals surface area contributed by atoms with Gasteiger partial charge in [-0.3, -0.25) is 4.79 Å². The number of nitrogens with one attached hydrogen (secondary N) is 1. The number of methoxy groups -OCH3 is 1. The van der Waals surface area contributed by atoms with Crippen molar-refractivity contribution in [2.24, 2.45) is 0 Å². The number of fused-ring (bicyclic) bond motifs is 2. The van der Waals surface area contributed by atoms with Gasteiger partial charge in [-0.25, -0.2) is 4.68 Å². The summed E-state index contributed by atoms with van der Waals surface area (Å²) in [7, 11) is 1.65. The lowest BCUT2D eigenvalue weighted by atomic mass is 9.95. The highest BCUT2D eigenvalue weighted by molar-refractivity contribution is 5.83. The van der Waals surface area contributed by atoms with Crippen molar-refractivity contribution in [1.29, 1.82) is 0 Å². The third-order valence-corrected chi connectivity index (χ3v) is 6.41. The van der Waals surface area contributed by atoms with Crippen LogP contribution in [0.4, 0.5) is 5.69 Å². The van der Waals surface area contributed by atoms with Crippen LogP contribution in [0.3, 0.4) is 0 Å². The van der Waals surface area contributed by atoms with Gasteiger partial charge in [0, 0.05) is 35.8 Å². The molecule has 4 aromatic rings. The molecule has 1 aliphatic rings. The molecule has 170 valence electrons. The van der Waals surface area contributed by atoms with Gasteiger partial charge in [-0.1, -0.05) is 24.3 Å². The van der Waals surface area contributed by atoms with E-state index in [0.717, 1.165) is 47.1 Å². The van der Waals surface area contributed by atoms with Crippen LogP contribution >= 0.6 is 0 Å². The van der Waals surface area contributed by atoms with Crippen LogP contribution in [0.2, 0.25) is 0 Å². The van der Waals surface area contributed by atoms with Gasteiger partial charge in [0.1, 0.15) is 6.04 Å². The smallest absolute Gasteiger partial charge is 0.254 e. The number of rotatable bonds is 6. The first-order chi connectivity index (χ1) is 16.1. The van der Waals surface area contributed by atoms with Crippen molar-refractivity contribution < 1.29 is 4.74 Å². The van der Waals surface area contributed by atoms with E-state index in [1.165, 1.54) is 5.56 Å². The van der Waals surface area contributed by atoms with Crippen LogP contribution in [0.1, 0.15) is 40.5 Å². The second-order valence-corrected chi connectivity index (χ2v) is 8.68. The monoisotopic (exact) mass is 444 g/mol. The fourth-order valence-electron chi connectivity index (χ4n) is 4.91. The molecule has 2 aromatic carbocycles. The number of ether oxygens (including phenoxy) is 1. The molecule has 1 atom stereocenters. The normalized spacial score (nSPS) is 14.5. The maximum absolute atomic E-state index is 13.5. The number of nitrogens with zero attached hydrogens (tertiary/aromatic N) is 5. The van der Waals surface area contributed by atoms with Crippen LogP contribution in [0.25, 0.3) is 10.9 Å². The summed E-state index contributed by atoms with van der Waals surface area (Å²) in [6.07, 6.45) is 2.01. The summed E-state index contributed by atoms with van der Waals surface area (Å²) < 4.78 is 7.01. The molecule has 0 radical (unpaired) electrons. The Hall–Kier alpha value is -3.52. The van der Waals surface area contributed by atoms with Gasteiger partial charge in [0.25, 0.3) is 5.56 Å². The third-order valence-electron chi connectivity index (χ3n) is 6.41. The molecule has 33 heavy (non-hydrogen) atoms. The van der Waals surface area contributed by atoms with E-state index < -0.39 is 6.04 Å². The van der Waals surface area contributed by atoms with Crippen molar-refractivity contribution in [3.8, 4) is 0 Å². The number of tetrazole rings is 1. The number of hydrogen-bond donors (Lipinski definition) is 1. The first-order valence-electron chi connectivity index (χ1n) is 11.3. The number of para-hydroxylation sites is 1. The van der Waals surface area contributed by atoms with E-state index in [1.54, 1.807) is 11.8 Å². The molecule has 5 rings (SSSR count). The Bertz CT molecular complexity index is 1360. The van der Waals surface area contributed by atoms with E-state index in [2.05, 4.69) is 56.6 Å². The van der Waals surface area contributed by atoms with E-state index >= 15 is 0 Å². The summed E-state index contributed by atoms with van der Waals surface area (Å²) >= 11 is 0. The third kappa shape index (κ3) is 3.91. The minimum atomic E-state index is -0.424. The zero-order chi connectivity index (χ0) is 22.9. The first-order valence-corrected chi connectivity index (χ1v) is 11.3. The van der Waals surface area contributed by atoms with Gasteiger partial charge in [0.15, 0.2) is 5.82 Å². The molecule has 1 N–H and O–H groups in total. The second-order valence-electron chi connectivity index (χ2n) is 8.68. The average molecular weight is 445 g/mol. The fourth-order valence-corrected chi connectivity index (χ4v) is 4.91. The Labute approximate surface area is 192 Å². The molecule has 1 aliphatic heterocycles. The molecule has 8 nitrogen and oxygen atoms in total. The number of benzene rings is 2. The number of hydrogen-bond acceptors (Lipinski definition) is 6. The lowest BCUT2D eigenvalue weighted by Gasteiger charge is -2.37. The minimum Gasteiger partial charge on any atom is -0.383 e. The number of pyridine rings is 1. The van der Waals surface area contributed by atoms with Gasteiger partial charge in [-0.15, -0.1) is 5.10 Å². The summed E-state index contributed by atoms with van der Waals surface area (Å²) in [5, 5.41) is 13.6. The number of anilines is 1. The zero-order valence-electron chi connectivity index (χ0n) is 19.2. The highest BCUT2D eigenvalue weighted by atomic mass is 16.5. The van der Waals surface area contributed by atoms with Crippen molar-refractivity contribution in [3.05, 3.63) is 80.9 Å². The SMILES string of the molecule is COCCn1nnnc1C(c1cc2c(C)cc(C)cc2[nH]c1=O)N1CCCc2ccccc21. The van der Waals surface area contributed by atoms with Gasteiger partial charge >= 0.3 is 0 Å². The molecular weight excluding hydrogens is 416 g/mol. The van der Waals surface area contributed by atoms with Crippen molar-refractivity contribution in [2.75, 3.05) is 25.2 Å². The molecule has 1 unspecified atom stereocenters. The van der Waals surface area contributed by atoms with Crippen molar-refractivity contribution in [3.63, 3.8) is 0 Å². The Morgan fingerprint density at radius 3 is 2.88 bits per heavy atom. The lowest BCUT2D eigenvalue weighted by molar-refractivity contribution is 0.181. The van der Waals surface area contributed by atoms with Gasteiger partial charge in [-0.05, 0) is 72.0 Å².